The molecule has 0 aliphatic rings. The van der Waals surface area contributed by atoms with E-state index < -0.39 is 0 Å². The van der Waals surface area contributed by atoms with E-state index in [9.17, 15) is 4.79 Å². The molecule has 1 aromatic carbocycles. The Morgan fingerprint density at radius 2 is 2.29 bits per heavy atom. The Morgan fingerprint density at radius 3 is 2.94 bits per heavy atom. The molecule has 1 aromatic heterocycles. The predicted octanol–water partition coefficient (Wildman–Crippen LogP) is 2.15. The molecule has 0 fully saturated rings. The van der Waals surface area contributed by atoms with Crippen LogP contribution in [0.4, 0.5) is 0 Å². The number of methoxy groups -OCH3 is 1. The van der Waals surface area contributed by atoms with Crippen LogP contribution in [0.1, 0.15) is 21.7 Å². The van der Waals surface area contributed by atoms with Crippen molar-refractivity contribution in [2.45, 2.75) is 13.3 Å². The molecule has 0 spiro atoms. The number of imidazole rings is 1. The lowest BCUT2D eigenvalue weighted by Gasteiger charge is -2.07. The smallest absolute Gasteiger partial charge is 0.174 e. The minimum absolute atomic E-state index is 0.000463. The van der Waals surface area contributed by atoms with E-state index in [1.54, 1.807) is 19.5 Å². The van der Waals surface area contributed by atoms with Crippen molar-refractivity contribution in [2.24, 2.45) is 0 Å². The second-order valence-corrected chi connectivity index (χ2v) is 3.84. The second-order valence-electron chi connectivity index (χ2n) is 3.84. The topological polar surface area (TPSA) is 55.0 Å². The fourth-order valence-electron chi connectivity index (χ4n) is 1.68. The Morgan fingerprint density at radius 1 is 1.47 bits per heavy atom. The van der Waals surface area contributed by atoms with Crippen LogP contribution >= 0.6 is 0 Å². The van der Waals surface area contributed by atoms with Crippen molar-refractivity contribution in [2.75, 3.05) is 7.11 Å². The lowest BCUT2D eigenvalue weighted by molar-refractivity contribution is 0.0988. The Bertz CT molecular complexity index is 518. The lowest BCUT2D eigenvalue weighted by atomic mass is 10.0. The third kappa shape index (κ3) is 2.53. The number of carbonyl (C=O) groups excluding carboxylic acids is 1. The molecule has 17 heavy (non-hydrogen) atoms. The van der Waals surface area contributed by atoms with E-state index >= 15 is 0 Å². The summed E-state index contributed by atoms with van der Waals surface area (Å²) in [6.07, 6.45) is 3.60. The number of rotatable bonds is 4. The number of ketones is 1. The molecule has 0 atom stereocenters. The van der Waals surface area contributed by atoms with E-state index in [0.717, 1.165) is 5.56 Å². The van der Waals surface area contributed by atoms with Crippen LogP contribution in [0.15, 0.2) is 30.6 Å². The Balaban J connectivity index is 2.26. The summed E-state index contributed by atoms with van der Waals surface area (Å²) in [4.78, 5) is 19.1. The summed E-state index contributed by atoms with van der Waals surface area (Å²) in [5.41, 5.74) is 1.64. The van der Waals surface area contributed by atoms with E-state index in [1.165, 1.54) is 0 Å². The lowest BCUT2D eigenvalue weighted by Crippen LogP contribution is -2.07. The number of hydrogen-bond donors (Lipinski definition) is 1. The molecule has 4 nitrogen and oxygen atoms in total. The van der Waals surface area contributed by atoms with Crippen molar-refractivity contribution in [1.29, 1.82) is 0 Å². The number of carbonyl (C=O) groups is 1. The fourth-order valence-corrected chi connectivity index (χ4v) is 1.68. The van der Waals surface area contributed by atoms with Gasteiger partial charge in [-0.05, 0) is 19.1 Å². The SMILES string of the molecule is COc1ccc(C)cc1C(=O)Cc1ncc[nH]1. The van der Waals surface area contributed by atoms with Crippen LogP contribution in [-0.4, -0.2) is 22.9 Å². The molecule has 0 aliphatic heterocycles. The summed E-state index contributed by atoms with van der Waals surface area (Å²) in [6.45, 7) is 1.95. The van der Waals surface area contributed by atoms with Gasteiger partial charge in [-0.3, -0.25) is 4.79 Å². The van der Waals surface area contributed by atoms with Gasteiger partial charge in [-0.2, -0.15) is 0 Å². The first-order valence-corrected chi connectivity index (χ1v) is 5.37. The molecule has 0 radical (unpaired) electrons. The molecule has 1 heterocycles. The monoisotopic (exact) mass is 230 g/mol. The van der Waals surface area contributed by atoms with Crippen molar-refractivity contribution >= 4 is 5.78 Å². The van der Waals surface area contributed by atoms with Gasteiger partial charge in [-0.1, -0.05) is 11.6 Å². The minimum atomic E-state index is 0.000463. The number of Topliss-reactive ketones (excluding diaryl/α,β-unsaturated/α-hetero) is 1. The summed E-state index contributed by atoms with van der Waals surface area (Å²) in [5, 5.41) is 0. The van der Waals surface area contributed by atoms with Crippen LogP contribution < -0.4 is 4.74 Å². The first-order chi connectivity index (χ1) is 8.20. The average Bonchev–Trinajstić information content (AvgIpc) is 2.81. The molecule has 2 aromatic rings. The van der Waals surface area contributed by atoms with Gasteiger partial charge in [-0.25, -0.2) is 4.98 Å². The van der Waals surface area contributed by atoms with Crippen molar-refractivity contribution in [3.63, 3.8) is 0 Å². The van der Waals surface area contributed by atoms with Crippen molar-refractivity contribution in [1.82, 2.24) is 9.97 Å². The Labute approximate surface area is 99.7 Å². The minimum Gasteiger partial charge on any atom is -0.496 e. The number of nitrogens with zero attached hydrogens (tertiary/aromatic N) is 1. The van der Waals surface area contributed by atoms with Crippen LogP contribution in [0.3, 0.4) is 0 Å². The standard InChI is InChI=1S/C13H14N2O2/c1-9-3-4-12(17-2)10(7-9)11(16)8-13-14-5-6-15-13/h3-7H,8H2,1-2H3,(H,14,15). The fraction of sp³-hybridized carbons (Fsp3) is 0.231. The maximum atomic E-state index is 12.1. The highest BCUT2D eigenvalue weighted by atomic mass is 16.5. The number of benzene rings is 1. The zero-order chi connectivity index (χ0) is 12.3. The maximum Gasteiger partial charge on any atom is 0.174 e. The highest BCUT2D eigenvalue weighted by Crippen LogP contribution is 2.21. The molecule has 0 saturated carbocycles. The van der Waals surface area contributed by atoms with Gasteiger partial charge in [0.05, 0.1) is 19.1 Å². The number of hydrogen-bond acceptors (Lipinski definition) is 3. The number of aryl methyl sites for hydroxylation is 1. The van der Waals surface area contributed by atoms with Gasteiger partial charge >= 0.3 is 0 Å². The molecule has 0 saturated heterocycles. The highest BCUT2D eigenvalue weighted by Gasteiger charge is 2.13. The summed E-state index contributed by atoms with van der Waals surface area (Å²) in [7, 11) is 1.56. The molecule has 2 rings (SSSR count). The second kappa shape index (κ2) is 4.82. The molecule has 1 N–H and O–H groups in total. The third-order valence-corrected chi connectivity index (χ3v) is 2.54. The number of ether oxygens (including phenoxy) is 1. The first-order valence-electron chi connectivity index (χ1n) is 5.37. The summed E-state index contributed by atoms with van der Waals surface area (Å²) < 4.78 is 5.19. The molecular formula is C13H14N2O2. The van der Waals surface area contributed by atoms with E-state index in [4.69, 9.17) is 4.74 Å². The van der Waals surface area contributed by atoms with Crippen molar-refractivity contribution in [3.05, 3.63) is 47.5 Å². The van der Waals surface area contributed by atoms with E-state index in [2.05, 4.69) is 9.97 Å². The van der Waals surface area contributed by atoms with Gasteiger partial charge < -0.3 is 9.72 Å². The van der Waals surface area contributed by atoms with Gasteiger partial charge in [0, 0.05) is 12.4 Å². The van der Waals surface area contributed by atoms with Crippen molar-refractivity contribution in [3.8, 4) is 5.75 Å². The normalized spacial score (nSPS) is 10.2. The number of H-pyrrole nitrogens is 1. The summed E-state index contributed by atoms with van der Waals surface area (Å²) in [5.74, 6) is 1.27. The zero-order valence-corrected chi connectivity index (χ0v) is 9.86. The Hall–Kier alpha value is -2.10. The van der Waals surface area contributed by atoms with E-state index in [1.807, 2.05) is 25.1 Å². The quantitative estimate of drug-likeness (QED) is 0.819. The molecular weight excluding hydrogens is 216 g/mol. The molecule has 0 bridgehead atoms. The molecule has 0 unspecified atom stereocenters. The first kappa shape index (κ1) is 11.4. The van der Waals surface area contributed by atoms with Crippen LogP contribution in [0.25, 0.3) is 0 Å². The molecule has 88 valence electrons. The van der Waals surface area contributed by atoms with Gasteiger partial charge in [0.1, 0.15) is 11.6 Å². The van der Waals surface area contributed by atoms with Crippen LogP contribution in [0.2, 0.25) is 0 Å². The summed E-state index contributed by atoms with van der Waals surface area (Å²) in [6, 6.07) is 5.57. The molecule has 0 aliphatic carbocycles. The van der Waals surface area contributed by atoms with Gasteiger partial charge in [0.25, 0.3) is 0 Å². The number of aromatic nitrogens is 2. The van der Waals surface area contributed by atoms with Gasteiger partial charge in [0.15, 0.2) is 5.78 Å². The zero-order valence-electron chi connectivity index (χ0n) is 9.86. The van der Waals surface area contributed by atoms with E-state index in [-0.39, 0.29) is 12.2 Å². The summed E-state index contributed by atoms with van der Waals surface area (Å²) >= 11 is 0. The van der Waals surface area contributed by atoms with Crippen LogP contribution in [0, 0.1) is 6.92 Å². The van der Waals surface area contributed by atoms with Crippen LogP contribution in [0.5, 0.6) is 5.75 Å². The van der Waals surface area contributed by atoms with E-state index in [0.29, 0.717) is 17.1 Å². The van der Waals surface area contributed by atoms with Crippen LogP contribution in [-0.2, 0) is 6.42 Å². The molecule has 4 heteroatoms. The van der Waals surface area contributed by atoms with Gasteiger partial charge in [-0.15, -0.1) is 0 Å². The maximum absolute atomic E-state index is 12.1. The largest absolute Gasteiger partial charge is 0.496 e. The number of aromatic amines is 1. The predicted molar refractivity (Wildman–Crippen MR) is 64.4 cm³/mol. The third-order valence-electron chi connectivity index (χ3n) is 2.54. The average molecular weight is 230 g/mol. The Kier molecular flexibility index (Phi) is 3.23. The highest BCUT2D eigenvalue weighted by molar-refractivity contribution is 5.99. The molecule has 0 amide bonds. The van der Waals surface area contributed by atoms with Crippen molar-refractivity contribution < 1.29 is 9.53 Å². The van der Waals surface area contributed by atoms with Gasteiger partial charge in [0.2, 0.25) is 0 Å². The number of nitrogens with one attached hydrogen (secondary N) is 1.